The summed E-state index contributed by atoms with van der Waals surface area (Å²) in [4.78, 5) is 11.4. The van der Waals surface area contributed by atoms with E-state index in [1.807, 2.05) is 0 Å². The van der Waals surface area contributed by atoms with Crippen molar-refractivity contribution in [2.45, 2.75) is 98.8 Å². The Balaban J connectivity index is 3.11. The summed E-state index contributed by atoms with van der Waals surface area (Å²) >= 11 is 0. The van der Waals surface area contributed by atoms with Crippen LogP contribution in [0.4, 0.5) is 10.5 Å². The van der Waals surface area contributed by atoms with Crippen molar-refractivity contribution in [1.29, 1.82) is 0 Å². The fourth-order valence-corrected chi connectivity index (χ4v) is 3.99. The van der Waals surface area contributed by atoms with Crippen LogP contribution < -0.4 is 11.1 Å². The first kappa shape index (κ1) is 23.5. The van der Waals surface area contributed by atoms with Gasteiger partial charge in [-0.15, -0.1) is 0 Å². The maximum absolute atomic E-state index is 11.4. The average molecular weight is 375 g/mol. The number of hydrogen-bond acceptors (Lipinski definition) is 1. The highest BCUT2D eigenvalue weighted by Crippen LogP contribution is 2.29. The van der Waals surface area contributed by atoms with E-state index < -0.39 is 6.03 Å². The van der Waals surface area contributed by atoms with Gasteiger partial charge in [-0.2, -0.15) is 0 Å². The molecule has 0 saturated carbocycles. The van der Waals surface area contributed by atoms with Gasteiger partial charge in [0, 0.05) is 5.69 Å². The second-order valence-corrected chi connectivity index (χ2v) is 8.15. The molecule has 1 rings (SSSR count). The first-order valence-corrected chi connectivity index (χ1v) is 11.1. The molecule has 0 aliphatic heterocycles. The van der Waals surface area contributed by atoms with Gasteiger partial charge in [0.25, 0.3) is 0 Å². The van der Waals surface area contributed by atoms with Gasteiger partial charge in [0.05, 0.1) is 0 Å². The van der Waals surface area contributed by atoms with Gasteiger partial charge in [-0.1, -0.05) is 79.1 Å². The first-order chi connectivity index (χ1) is 12.9. The van der Waals surface area contributed by atoms with E-state index in [1.165, 1.54) is 68.1 Å². The predicted octanol–water partition coefficient (Wildman–Crippen LogP) is 7.00. The van der Waals surface area contributed by atoms with Crippen LogP contribution in [0.25, 0.3) is 0 Å². The molecule has 0 saturated heterocycles. The van der Waals surface area contributed by atoms with Gasteiger partial charge in [0.15, 0.2) is 0 Å². The van der Waals surface area contributed by atoms with Crippen molar-refractivity contribution in [2.75, 3.05) is 5.32 Å². The van der Waals surface area contributed by atoms with Gasteiger partial charge in [0.1, 0.15) is 0 Å². The molecule has 2 atom stereocenters. The van der Waals surface area contributed by atoms with E-state index in [0.29, 0.717) is 11.8 Å². The van der Waals surface area contributed by atoms with E-state index in [0.717, 1.165) is 18.5 Å². The van der Waals surface area contributed by atoms with Crippen molar-refractivity contribution in [1.82, 2.24) is 0 Å². The molecular formula is C24H42N2O. The Morgan fingerprint density at radius 3 is 1.70 bits per heavy atom. The molecule has 1 aromatic carbocycles. The van der Waals surface area contributed by atoms with Gasteiger partial charge < -0.3 is 11.1 Å². The molecule has 154 valence electrons. The summed E-state index contributed by atoms with van der Waals surface area (Å²) in [6, 6.07) is 3.81. The normalized spacial score (nSPS) is 13.4. The molecule has 0 aliphatic carbocycles. The van der Waals surface area contributed by atoms with Crippen LogP contribution in [0.15, 0.2) is 12.1 Å². The fourth-order valence-electron chi connectivity index (χ4n) is 3.99. The number of carbonyl (C=O) groups excluding carboxylic acids is 1. The monoisotopic (exact) mass is 374 g/mol. The highest BCUT2D eigenvalue weighted by Gasteiger charge is 2.16. The zero-order chi connectivity index (χ0) is 20.2. The minimum atomic E-state index is -0.480. The number of rotatable bonds is 13. The number of hydrogen-bond donors (Lipinski definition) is 2. The summed E-state index contributed by atoms with van der Waals surface area (Å²) in [5.41, 5.74) is 10.4. The Kier molecular flexibility index (Phi) is 11.2. The Labute approximate surface area is 167 Å². The Morgan fingerprint density at radius 2 is 1.37 bits per heavy atom. The number of nitrogens with two attached hydrogens (primary N) is 1. The third-order valence-corrected chi connectivity index (χ3v) is 5.99. The van der Waals surface area contributed by atoms with Gasteiger partial charge in [-0.3, -0.25) is 0 Å². The minimum absolute atomic E-state index is 0.480. The molecule has 0 fully saturated rings. The van der Waals surface area contributed by atoms with Crippen molar-refractivity contribution < 1.29 is 4.79 Å². The maximum atomic E-state index is 11.4. The topological polar surface area (TPSA) is 55.1 Å². The standard InChI is InChI=1S/C24H42N2O/c1-6-10-12-19(8-3)14-21-16-23(26-24(25)27)17-22(18(21)5)15-20(9-4)13-11-7-2/h16-17,19-20H,6-15H2,1-5H3,(H3,25,26,27). The second kappa shape index (κ2) is 12.8. The third-order valence-electron chi connectivity index (χ3n) is 5.99. The fraction of sp³-hybridized carbons (Fsp3) is 0.708. The van der Waals surface area contributed by atoms with Gasteiger partial charge in [-0.25, -0.2) is 4.79 Å². The number of amides is 2. The number of unbranched alkanes of at least 4 members (excludes halogenated alkanes) is 2. The quantitative estimate of drug-likeness (QED) is 0.383. The smallest absolute Gasteiger partial charge is 0.316 e. The third kappa shape index (κ3) is 8.36. The maximum Gasteiger partial charge on any atom is 0.316 e. The molecule has 1 aromatic rings. The number of anilines is 1. The number of nitrogens with one attached hydrogen (secondary N) is 1. The molecule has 0 bridgehead atoms. The Morgan fingerprint density at radius 1 is 0.926 bits per heavy atom. The van der Waals surface area contributed by atoms with Crippen LogP contribution in [0.3, 0.4) is 0 Å². The average Bonchev–Trinajstić information content (AvgIpc) is 2.64. The highest BCUT2D eigenvalue weighted by molar-refractivity contribution is 5.88. The zero-order valence-corrected chi connectivity index (χ0v) is 18.4. The van der Waals surface area contributed by atoms with Crippen molar-refractivity contribution in [3.8, 4) is 0 Å². The molecule has 3 nitrogen and oxygen atoms in total. The molecule has 3 N–H and O–H groups in total. The van der Waals surface area contributed by atoms with Crippen LogP contribution in [-0.2, 0) is 12.8 Å². The molecule has 0 heterocycles. The van der Waals surface area contributed by atoms with E-state index in [4.69, 9.17) is 5.73 Å². The molecule has 2 amide bonds. The van der Waals surface area contributed by atoms with Crippen molar-refractivity contribution in [2.24, 2.45) is 17.6 Å². The van der Waals surface area contributed by atoms with Crippen LogP contribution in [0.5, 0.6) is 0 Å². The van der Waals surface area contributed by atoms with Crippen LogP contribution >= 0.6 is 0 Å². The van der Waals surface area contributed by atoms with E-state index >= 15 is 0 Å². The van der Waals surface area contributed by atoms with Crippen molar-refractivity contribution in [3.05, 3.63) is 28.8 Å². The number of benzene rings is 1. The van der Waals surface area contributed by atoms with Crippen molar-refractivity contribution >= 4 is 11.7 Å². The molecule has 3 heteroatoms. The lowest BCUT2D eigenvalue weighted by molar-refractivity contribution is 0.259. The lowest BCUT2D eigenvalue weighted by Crippen LogP contribution is -2.20. The SMILES string of the molecule is CCCCC(CC)Cc1cc(NC(N)=O)cc(CC(CC)CCCC)c1C. The van der Waals surface area contributed by atoms with E-state index in [-0.39, 0.29) is 0 Å². The van der Waals surface area contributed by atoms with Crippen LogP contribution in [-0.4, -0.2) is 6.03 Å². The Hall–Kier alpha value is -1.51. The van der Waals surface area contributed by atoms with Gasteiger partial charge in [0.2, 0.25) is 0 Å². The van der Waals surface area contributed by atoms with Gasteiger partial charge in [-0.05, 0) is 60.4 Å². The van der Waals surface area contributed by atoms with Crippen LogP contribution in [0, 0.1) is 18.8 Å². The van der Waals surface area contributed by atoms with E-state index in [2.05, 4.69) is 52.1 Å². The van der Waals surface area contributed by atoms with Crippen molar-refractivity contribution in [3.63, 3.8) is 0 Å². The molecule has 0 spiro atoms. The molecule has 0 aromatic heterocycles. The van der Waals surface area contributed by atoms with E-state index in [1.54, 1.807) is 0 Å². The number of primary amides is 1. The summed E-state index contributed by atoms with van der Waals surface area (Å²) in [6.07, 6.45) is 12.2. The first-order valence-electron chi connectivity index (χ1n) is 11.1. The van der Waals surface area contributed by atoms with Gasteiger partial charge >= 0.3 is 6.03 Å². The predicted molar refractivity (Wildman–Crippen MR) is 118 cm³/mol. The molecule has 27 heavy (non-hydrogen) atoms. The zero-order valence-electron chi connectivity index (χ0n) is 18.4. The largest absolute Gasteiger partial charge is 0.351 e. The summed E-state index contributed by atoms with van der Waals surface area (Å²) in [7, 11) is 0. The summed E-state index contributed by atoms with van der Waals surface area (Å²) in [5, 5.41) is 2.82. The number of urea groups is 1. The Bertz CT molecular complexity index is 528. The lowest BCUT2D eigenvalue weighted by atomic mass is 9.85. The lowest BCUT2D eigenvalue weighted by Gasteiger charge is -2.22. The summed E-state index contributed by atoms with van der Waals surface area (Å²) in [6.45, 7) is 11.4. The molecule has 2 unspecified atom stereocenters. The van der Waals surface area contributed by atoms with Crippen LogP contribution in [0.1, 0.15) is 95.8 Å². The van der Waals surface area contributed by atoms with Crippen LogP contribution in [0.2, 0.25) is 0 Å². The highest BCUT2D eigenvalue weighted by atomic mass is 16.2. The molecule has 0 aliphatic rings. The number of carbonyl (C=O) groups is 1. The summed E-state index contributed by atoms with van der Waals surface area (Å²) in [5.74, 6) is 1.42. The molecular weight excluding hydrogens is 332 g/mol. The second-order valence-electron chi connectivity index (χ2n) is 8.15. The van der Waals surface area contributed by atoms with E-state index in [9.17, 15) is 4.79 Å². The minimum Gasteiger partial charge on any atom is -0.351 e. The summed E-state index contributed by atoms with van der Waals surface area (Å²) < 4.78 is 0. The molecule has 0 radical (unpaired) electrons.